The van der Waals surface area contributed by atoms with Crippen molar-refractivity contribution in [3.8, 4) is 22.3 Å². The van der Waals surface area contributed by atoms with Crippen LogP contribution in [-0.4, -0.2) is 5.71 Å². The highest BCUT2D eigenvalue weighted by molar-refractivity contribution is 6.30. The van der Waals surface area contributed by atoms with Gasteiger partial charge in [0.1, 0.15) is 0 Å². The fraction of sp³-hybridized carbons (Fsp3) is 0.0741. The molecule has 0 amide bonds. The van der Waals surface area contributed by atoms with E-state index >= 15 is 0 Å². The lowest BCUT2D eigenvalue weighted by Crippen LogP contribution is -2.10. The van der Waals surface area contributed by atoms with Crippen LogP contribution in [0.15, 0.2) is 96.0 Å². The average molecular weight is 448 g/mol. The molecule has 1 aliphatic heterocycles. The van der Waals surface area contributed by atoms with Gasteiger partial charge >= 0.3 is 6.18 Å². The Kier molecular flexibility index (Phi) is 5.10. The van der Waals surface area contributed by atoms with E-state index in [1.54, 1.807) is 6.07 Å². The Hall–Kier alpha value is -3.37. The van der Waals surface area contributed by atoms with E-state index in [9.17, 15) is 13.2 Å². The quantitative estimate of drug-likeness (QED) is 0.295. The Labute approximate surface area is 188 Å². The Morgan fingerprint density at radius 2 is 1.38 bits per heavy atom. The van der Waals surface area contributed by atoms with E-state index in [0.717, 1.165) is 39.4 Å². The fourth-order valence-electron chi connectivity index (χ4n) is 4.15. The number of nitrogens with zero attached hydrogens (tertiary/aromatic N) is 1. The number of hydrogen-bond donors (Lipinski definition) is 0. The molecule has 4 aromatic rings. The second-order valence-electron chi connectivity index (χ2n) is 7.63. The molecule has 0 aliphatic carbocycles. The fourth-order valence-corrected chi connectivity index (χ4v) is 4.27. The zero-order valence-corrected chi connectivity index (χ0v) is 17.6. The number of fused-ring (bicyclic) bond motifs is 3. The molecule has 0 fully saturated rings. The molecule has 4 aromatic carbocycles. The predicted octanol–water partition coefficient (Wildman–Crippen LogP) is 8.04. The van der Waals surface area contributed by atoms with E-state index in [4.69, 9.17) is 16.6 Å². The minimum absolute atomic E-state index is 0.356. The van der Waals surface area contributed by atoms with E-state index in [1.807, 2.05) is 72.8 Å². The van der Waals surface area contributed by atoms with E-state index in [1.165, 1.54) is 6.07 Å². The predicted molar refractivity (Wildman–Crippen MR) is 123 cm³/mol. The molecule has 0 N–H and O–H groups in total. The van der Waals surface area contributed by atoms with Gasteiger partial charge in [0.2, 0.25) is 0 Å². The minimum atomic E-state index is -4.43. The van der Waals surface area contributed by atoms with Crippen LogP contribution in [0.25, 0.3) is 22.3 Å². The molecule has 1 heterocycles. The lowest BCUT2D eigenvalue weighted by Gasteiger charge is -2.16. The third kappa shape index (κ3) is 3.71. The summed E-state index contributed by atoms with van der Waals surface area (Å²) in [7, 11) is 0. The zero-order chi connectivity index (χ0) is 22.3. The SMILES string of the molecule is FC(F)(F)c1ccc2c(c1)C(c1ccccc1)=NCc1c(-c3ccc(Cl)cc3)cccc1-2. The molecular weight excluding hydrogens is 431 g/mol. The van der Waals surface area contributed by atoms with E-state index in [-0.39, 0.29) is 0 Å². The maximum Gasteiger partial charge on any atom is 0.416 e. The molecule has 1 aliphatic rings. The van der Waals surface area contributed by atoms with Crippen LogP contribution in [0.4, 0.5) is 13.2 Å². The summed E-state index contributed by atoms with van der Waals surface area (Å²) in [5.41, 5.74) is 5.72. The number of benzene rings is 4. The van der Waals surface area contributed by atoms with Crippen molar-refractivity contribution in [1.29, 1.82) is 0 Å². The van der Waals surface area contributed by atoms with Crippen molar-refractivity contribution < 1.29 is 13.2 Å². The molecular formula is C27H17ClF3N. The van der Waals surface area contributed by atoms with Crippen molar-refractivity contribution >= 4 is 17.3 Å². The molecule has 0 saturated carbocycles. The van der Waals surface area contributed by atoms with Gasteiger partial charge in [0.25, 0.3) is 0 Å². The molecule has 0 unspecified atom stereocenters. The van der Waals surface area contributed by atoms with Crippen LogP contribution in [0.2, 0.25) is 5.02 Å². The van der Waals surface area contributed by atoms with Crippen molar-refractivity contribution in [2.75, 3.05) is 0 Å². The monoisotopic (exact) mass is 447 g/mol. The normalized spacial score (nSPS) is 13.1. The standard InChI is InChI=1S/C27H17ClF3N/c28-20-12-9-17(10-13-20)21-7-4-8-22-23-14-11-19(27(29,30)31)15-24(23)26(32-16-25(21)22)18-5-2-1-3-6-18/h1-15H,16H2. The van der Waals surface area contributed by atoms with Crippen molar-refractivity contribution in [2.24, 2.45) is 4.99 Å². The Bertz CT molecular complexity index is 1320. The summed E-state index contributed by atoms with van der Waals surface area (Å²) in [4.78, 5) is 4.83. The molecule has 1 nitrogen and oxygen atoms in total. The average Bonchev–Trinajstić information content (AvgIpc) is 2.96. The van der Waals surface area contributed by atoms with Gasteiger partial charge in [-0.2, -0.15) is 13.2 Å². The zero-order valence-electron chi connectivity index (χ0n) is 16.8. The number of rotatable bonds is 2. The molecule has 0 bridgehead atoms. The van der Waals surface area contributed by atoms with Gasteiger partial charge in [0.15, 0.2) is 0 Å². The molecule has 5 rings (SSSR count). The summed E-state index contributed by atoms with van der Waals surface area (Å²) in [6.45, 7) is 0.356. The summed E-state index contributed by atoms with van der Waals surface area (Å²) >= 11 is 6.06. The first-order chi connectivity index (χ1) is 15.4. The summed E-state index contributed by atoms with van der Waals surface area (Å²) in [5, 5.41) is 0.644. The van der Waals surface area contributed by atoms with Crippen LogP contribution in [-0.2, 0) is 12.7 Å². The number of alkyl halides is 3. The van der Waals surface area contributed by atoms with Crippen molar-refractivity contribution in [3.05, 3.63) is 118 Å². The Morgan fingerprint density at radius 3 is 2.09 bits per heavy atom. The van der Waals surface area contributed by atoms with Gasteiger partial charge in [0.05, 0.1) is 17.8 Å². The van der Waals surface area contributed by atoms with Crippen LogP contribution in [0.3, 0.4) is 0 Å². The lowest BCUT2D eigenvalue weighted by atomic mass is 9.88. The molecule has 5 heteroatoms. The van der Waals surface area contributed by atoms with Gasteiger partial charge in [0, 0.05) is 16.1 Å². The third-order valence-electron chi connectivity index (χ3n) is 5.67. The Balaban J connectivity index is 1.77. The van der Waals surface area contributed by atoms with Crippen molar-refractivity contribution in [1.82, 2.24) is 0 Å². The maximum atomic E-state index is 13.6. The first-order valence-corrected chi connectivity index (χ1v) is 10.5. The highest BCUT2D eigenvalue weighted by atomic mass is 35.5. The first-order valence-electron chi connectivity index (χ1n) is 10.1. The molecule has 0 saturated heterocycles. The van der Waals surface area contributed by atoms with Crippen LogP contribution in [0, 0.1) is 0 Å². The van der Waals surface area contributed by atoms with Gasteiger partial charge in [-0.3, -0.25) is 4.99 Å². The lowest BCUT2D eigenvalue weighted by molar-refractivity contribution is -0.137. The largest absolute Gasteiger partial charge is 0.416 e. The Morgan fingerprint density at radius 1 is 0.656 bits per heavy atom. The highest BCUT2D eigenvalue weighted by Crippen LogP contribution is 2.40. The van der Waals surface area contributed by atoms with Crippen LogP contribution in [0.1, 0.15) is 22.3 Å². The van der Waals surface area contributed by atoms with Crippen LogP contribution >= 0.6 is 11.6 Å². The van der Waals surface area contributed by atoms with Gasteiger partial charge < -0.3 is 0 Å². The van der Waals surface area contributed by atoms with Crippen LogP contribution in [0.5, 0.6) is 0 Å². The van der Waals surface area contributed by atoms with E-state index in [0.29, 0.717) is 22.8 Å². The van der Waals surface area contributed by atoms with Gasteiger partial charge in [-0.25, -0.2) is 0 Å². The van der Waals surface area contributed by atoms with Crippen molar-refractivity contribution in [2.45, 2.75) is 12.7 Å². The first kappa shape index (κ1) is 20.5. The highest BCUT2D eigenvalue weighted by Gasteiger charge is 2.32. The molecule has 32 heavy (non-hydrogen) atoms. The van der Waals surface area contributed by atoms with E-state index < -0.39 is 11.7 Å². The van der Waals surface area contributed by atoms with Gasteiger partial charge in [-0.1, -0.05) is 78.3 Å². The number of hydrogen-bond acceptors (Lipinski definition) is 1. The second kappa shape index (κ2) is 7.95. The summed E-state index contributed by atoms with van der Waals surface area (Å²) in [6.07, 6.45) is -4.43. The van der Waals surface area contributed by atoms with Crippen LogP contribution < -0.4 is 0 Å². The summed E-state index contributed by atoms with van der Waals surface area (Å²) in [5.74, 6) is 0. The number of halogens is 4. The topological polar surface area (TPSA) is 12.4 Å². The summed E-state index contributed by atoms with van der Waals surface area (Å²) in [6, 6.07) is 26.7. The molecule has 0 aromatic heterocycles. The minimum Gasteiger partial charge on any atom is -0.279 e. The number of aliphatic imine (C=N–C) groups is 1. The maximum absolute atomic E-state index is 13.6. The second-order valence-corrected chi connectivity index (χ2v) is 8.06. The smallest absolute Gasteiger partial charge is 0.279 e. The van der Waals surface area contributed by atoms with Crippen molar-refractivity contribution in [3.63, 3.8) is 0 Å². The summed E-state index contributed by atoms with van der Waals surface area (Å²) < 4.78 is 40.7. The third-order valence-corrected chi connectivity index (χ3v) is 5.92. The molecule has 0 atom stereocenters. The molecule has 158 valence electrons. The van der Waals surface area contributed by atoms with Gasteiger partial charge in [-0.15, -0.1) is 0 Å². The van der Waals surface area contributed by atoms with E-state index in [2.05, 4.69) is 0 Å². The molecule has 0 spiro atoms. The molecule has 0 radical (unpaired) electrons. The van der Waals surface area contributed by atoms with Gasteiger partial charge in [-0.05, 0) is 52.1 Å².